The van der Waals surface area contributed by atoms with Crippen LogP contribution >= 0.6 is 0 Å². The summed E-state index contributed by atoms with van der Waals surface area (Å²) < 4.78 is 16.4. The zero-order valence-electron chi connectivity index (χ0n) is 16.8. The number of carbonyl (C=O) groups is 1. The Bertz CT molecular complexity index is 781. The molecule has 1 unspecified atom stereocenters. The van der Waals surface area contributed by atoms with E-state index in [-0.39, 0.29) is 11.9 Å². The van der Waals surface area contributed by atoms with Crippen molar-refractivity contribution >= 4 is 5.91 Å². The van der Waals surface area contributed by atoms with E-state index in [0.29, 0.717) is 31.1 Å². The van der Waals surface area contributed by atoms with Crippen molar-refractivity contribution in [2.45, 2.75) is 12.5 Å². The fourth-order valence-corrected chi connectivity index (χ4v) is 3.45. The zero-order chi connectivity index (χ0) is 19.9. The van der Waals surface area contributed by atoms with Crippen LogP contribution in [0.4, 0.5) is 0 Å². The molecule has 2 aromatic rings. The molecule has 3 rings (SSSR count). The van der Waals surface area contributed by atoms with Crippen molar-refractivity contribution in [2.24, 2.45) is 0 Å². The number of nitrogens with zero attached hydrogens (tertiary/aromatic N) is 2. The van der Waals surface area contributed by atoms with Crippen LogP contribution in [-0.4, -0.2) is 63.2 Å². The maximum Gasteiger partial charge on any atom is 0.226 e. The summed E-state index contributed by atoms with van der Waals surface area (Å²) in [4.78, 5) is 16.9. The predicted molar refractivity (Wildman–Crippen MR) is 108 cm³/mol. The zero-order valence-corrected chi connectivity index (χ0v) is 16.8. The van der Waals surface area contributed by atoms with E-state index in [1.807, 2.05) is 53.4 Å². The Morgan fingerprint density at radius 1 is 1.04 bits per heavy atom. The summed E-state index contributed by atoms with van der Waals surface area (Å²) in [6.45, 7) is 2.58. The molecule has 1 amide bonds. The van der Waals surface area contributed by atoms with Gasteiger partial charge in [-0.3, -0.25) is 9.69 Å². The molecule has 150 valence electrons. The minimum Gasteiger partial charge on any atom is -0.493 e. The van der Waals surface area contributed by atoms with Crippen LogP contribution in [0.25, 0.3) is 0 Å². The number of rotatable bonds is 7. The van der Waals surface area contributed by atoms with Crippen LogP contribution in [0.15, 0.2) is 48.5 Å². The van der Waals surface area contributed by atoms with Crippen LogP contribution in [-0.2, 0) is 4.79 Å². The van der Waals surface area contributed by atoms with Gasteiger partial charge in [-0.25, -0.2) is 0 Å². The van der Waals surface area contributed by atoms with Gasteiger partial charge in [-0.1, -0.05) is 24.3 Å². The van der Waals surface area contributed by atoms with E-state index in [1.54, 1.807) is 14.2 Å². The smallest absolute Gasteiger partial charge is 0.226 e. The van der Waals surface area contributed by atoms with Crippen molar-refractivity contribution in [1.29, 1.82) is 0 Å². The maximum atomic E-state index is 12.7. The molecular formula is C22H28N2O4. The number of benzene rings is 2. The van der Waals surface area contributed by atoms with Gasteiger partial charge in [0.05, 0.1) is 33.3 Å². The molecule has 0 aliphatic carbocycles. The van der Waals surface area contributed by atoms with Crippen LogP contribution in [0.1, 0.15) is 18.0 Å². The molecule has 0 spiro atoms. The van der Waals surface area contributed by atoms with Gasteiger partial charge in [-0.15, -0.1) is 0 Å². The molecule has 2 aromatic carbocycles. The highest BCUT2D eigenvalue weighted by Crippen LogP contribution is 2.33. The number of carbonyl (C=O) groups excluding carboxylic acids is 1. The highest BCUT2D eigenvalue weighted by Gasteiger charge is 2.29. The first kappa shape index (κ1) is 20.0. The fourth-order valence-electron chi connectivity index (χ4n) is 3.45. The third kappa shape index (κ3) is 4.75. The Morgan fingerprint density at radius 2 is 1.79 bits per heavy atom. The van der Waals surface area contributed by atoms with Crippen molar-refractivity contribution in [2.75, 3.05) is 47.5 Å². The second-order valence-electron chi connectivity index (χ2n) is 6.86. The lowest BCUT2D eigenvalue weighted by atomic mass is 10.0. The van der Waals surface area contributed by atoms with Gasteiger partial charge in [-0.2, -0.15) is 0 Å². The fraction of sp³-hybridized carbons (Fsp3) is 0.409. The Kier molecular flexibility index (Phi) is 6.76. The van der Waals surface area contributed by atoms with Gasteiger partial charge < -0.3 is 19.1 Å². The molecule has 6 heteroatoms. The van der Waals surface area contributed by atoms with Crippen molar-refractivity contribution < 1.29 is 19.0 Å². The van der Waals surface area contributed by atoms with E-state index in [0.717, 1.165) is 24.4 Å². The summed E-state index contributed by atoms with van der Waals surface area (Å²) in [6, 6.07) is 15.6. The first-order chi connectivity index (χ1) is 13.6. The van der Waals surface area contributed by atoms with Crippen molar-refractivity contribution in [1.82, 2.24) is 9.80 Å². The third-order valence-electron chi connectivity index (χ3n) is 5.12. The molecule has 1 aliphatic heterocycles. The number of hydrogen-bond donors (Lipinski definition) is 0. The molecule has 0 N–H and O–H groups in total. The molecule has 0 saturated carbocycles. The van der Waals surface area contributed by atoms with Crippen LogP contribution in [0.2, 0.25) is 0 Å². The van der Waals surface area contributed by atoms with Crippen molar-refractivity contribution in [3.63, 3.8) is 0 Å². The lowest BCUT2D eigenvalue weighted by Gasteiger charge is -2.40. The molecule has 0 aromatic heterocycles. The largest absolute Gasteiger partial charge is 0.493 e. The first-order valence-corrected chi connectivity index (χ1v) is 9.50. The van der Waals surface area contributed by atoms with Gasteiger partial charge in [0.2, 0.25) is 5.91 Å². The molecule has 6 nitrogen and oxygen atoms in total. The van der Waals surface area contributed by atoms with Gasteiger partial charge in [0.1, 0.15) is 5.75 Å². The van der Waals surface area contributed by atoms with Crippen LogP contribution in [0.5, 0.6) is 17.2 Å². The monoisotopic (exact) mass is 384 g/mol. The van der Waals surface area contributed by atoms with Crippen molar-refractivity contribution in [3.05, 3.63) is 54.1 Å². The minimum atomic E-state index is 0.118. The van der Waals surface area contributed by atoms with E-state index in [2.05, 4.69) is 11.9 Å². The van der Waals surface area contributed by atoms with Crippen LogP contribution in [0, 0.1) is 0 Å². The molecule has 1 fully saturated rings. The maximum absolute atomic E-state index is 12.7. The molecule has 0 radical (unpaired) electrons. The first-order valence-electron chi connectivity index (χ1n) is 9.50. The molecule has 28 heavy (non-hydrogen) atoms. The Balaban J connectivity index is 1.61. The summed E-state index contributed by atoms with van der Waals surface area (Å²) in [5, 5.41) is 0. The van der Waals surface area contributed by atoms with Gasteiger partial charge in [0.15, 0.2) is 11.5 Å². The summed E-state index contributed by atoms with van der Waals surface area (Å²) >= 11 is 0. The second-order valence-corrected chi connectivity index (χ2v) is 6.86. The predicted octanol–water partition coefficient (Wildman–Crippen LogP) is 2.99. The summed E-state index contributed by atoms with van der Waals surface area (Å²) in [5.41, 5.74) is 1.11. The van der Waals surface area contributed by atoms with Crippen LogP contribution < -0.4 is 14.2 Å². The molecule has 1 heterocycles. The van der Waals surface area contributed by atoms with E-state index in [1.165, 1.54) is 0 Å². The van der Waals surface area contributed by atoms with Crippen LogP contribution in [0.3, 0.4) is 0 Å². The molecule has 1 aliphatic rings. The topological polar surface area (TPSA) is 51.2 Å². The van der Waals surface area contributed by atoms with E-state index >= 15 is 0 Å². The number of piperazine rings is 1. The normalized spacial score (nSPS) is 17.2. The van der Waals surface area contributed by atoms with E-state index in [9.17, 15) is 4.79 Å². The number of methoxy groups -OCH3 is 2. The number of ether oxygens (including phenoxy) is 3. The quantitative estimate of drug-likeness (QED) is 0.735. The van der Waals surface area contributed by atoms with Gasteiger partial charge in [0, 0.05) is 19.6 Å². The molecule has 1 atom stereocenters. The Morgan fingerprint density at radius 3 is 2.50 bits per heavy atom. The summed E-state index contributed by atoms with van der Waals surface area (Å²) in [5.74, 6) is 2.32. The van der Waals surface area contributed by atoms with Gasteiger partial charge >= 0.3 is 0 Å². The minimum absolute atomic E-state index is 0.118. The number of likely N-dealkylation sites (N-methyl/N-ethyl adjacent to an activating group) is 1. The summed E-state index contributed by atoms with van der Waals surface area (Å²) in [7, 11) is 5.35. The van der Waals surface area contributed by atoms with E-state index < -0.39 is 0 Å². The van der Waals surface area contributed by atoms with Gasteiger partial charge in [0.25, 0.3) is 0 Å². The van der Waals surface area contributed by atoms with Gasteiger partial charge in [-0.05, 0) is 36.9 Å². The second kappa shape index (κ2) is 9.46. The molecule has 0 bridgehead atoms. The molecular weight excluding hydrogens is 356 g/mol. The summed E-state index contributed by atoms with van der Waals surface area (Å²) in [6.07, 6.45) is 0.372. The highest BCUT2D eigenvalue weighted by molar-refractivity contribution is 5.76. The van der Waals surface area contributed by atoms with Crippen molar-refractivity contribution in [3.8, 4) is 17.2 Å². The Labute approximate surface area is 166 Å². The SMILES string of the molecule is COc1ccc(C2CN(C(=O)CCOc3ccccc3)CCN2C)cc1OC. The average molecular weight is 384 g/mol. The lowest BCUT2D eigenvalue weighted by Crippen LogP contribution is -2.49. The third-order valence-corrected chi connectivity index (χ3v) is 5.12. The highest BCUT2D eigenvalue weighted by atomic mass is 16.5. The lowest BCUT2D eigenvalue weighted by molar-refractivity contribution is -0.134. The Hall–Kier alpha value is -2.73. The standard InChI is InChI=1S/C22H28N2O4/c1-23-12-13-24(22(25)11-14-28-18-7-5-4-6-8-18)16-19(23)17-9-10-20(26-2)21(15-17)27-3/h4-10,15,19H,11-14,16H2,1-3H3. The number of hydrogen-bond acceptors (Lipinski definition) is 5. The molecule has 1 saturated heterocycles. The van der Waals surface area contributed by atoms with E-state index in [4.69, 9.17) is 14.2 Å². The average Bonchev–Trinajstić information content (AvgIpc) is 2.74. The number of amides is 1. The number of para-hydroxylation sites is 1.